The maximum absolute atomic E-state index is 12.0. The second-order valence-electron chi connectivity index (χ2n) is 6.56. The fraction of sp³-hybridized carbons (Fsp3) is 0.130. The van der Waals surface area contributed by atoms with Gasteiger partial charge in [0.15, 0.2) is 0 Å². The number of nitrogens with one attached hydrogen (secondary N) is 1. The number of benzene rings is 2. The van der Waals surface area contributed by atoms with Gasteiger partial charge in [0.25, 0.3) is 0 Å². The van der Waals surface area contributed by atoms with Crippen LogP contribution in [0.25, 0.3) is 22.1 Å². The molecule has 0 saturated carbocycles. The predicted octanol–water partition coefficient (Wildman–Crippen LogP) is 3.71. The lowest BCUT2D eigenvalue weighted by molar-refractivity contribution is 0.117. The molecule has 0 aliphatic heterocycles. The van der Waals surface area contributed by atoms with Crippen molar-refractivity contribution in [1.29, 1.82) is 0 Å². The van der Waals surface area contributed by atoms with Gasteiger partial charge in [-0.05, 0) is 35.4 Å². The van der Waals surface area contributed by atoms with Crippen molar-refractivity contribution in [3.63, 3.8) is 0 Å². The Morgan fingerprint density at radius 3 is 2.66 bits per heavy atom. The minimum absolute atomic E-state index is 0.0912. The number of nitrogens with zero attached hydrogens (tertiary/aromatic N) is 1. The molecule has 6 heteroatoms. The Morgan fingerprint density at radius 1 is 1.03 bits per heavy atom. The van der Waals surface area contributed by atoms with Gasteiger partial charge >= 0.3 is 5.63 Å². The maximum Gasteiger partial charge on any atom is 0.336 e. The Kier molecular flexibility index (Phi) is 5.54. The summed E-state index contributed by atoms with van der Waals surface area (Å²) in [6.45, 7) is 0.395. The Balaban J connectivity index is 1.47. The molecule has 0 saturated heterocycles. The molecule has 2 aromatic heterocycles. The molecule has 0 fully saturated rings. The van der Waals surface area contributed by atoms with E-state index < -0.39 is 11.7 Å². The van der Waals surface area contributed by atoms with Gasteiger partial charge < -0.3 is 19.6 Å². The zero-order valence-corrected chi connectivity index (χ0v) is 15.6. The maximum atomic E-state index is 12.0. The van der Waals surface area contributed by atoms with Crippen LogP contribution in [0.3, 0.4) is 0 Å². The number of aromatic nitrogens is 1. The van der Waals surface area contributed by atoms with Crippen molar-refractivity contribution in [2.45, 2.75) is 6.10 Å². The number of pyridine rings is 1. The highest BCUT2D eigenvalue weighted by Crippen LogP contribution is 2.29. The molecule has 29 heavy (non-hydrogen) atoms. The topological polar surface area (TPSA) is 84.6 Å². The Labute approximate surface area is 167 Å². The van der Waals surface area contributed by atoms with Crippen molar-refractivity contribution in [2.24, 2.45) is 0 Å². The number of ether oxygens (including phenoxy) is 1. The van der Waals surface area contributed by atoms with Crippen molar-refractivity contribution in [3.05, 3.63) is 89.4 Å². The van der Waals surface area contributed by atoms with E-state index in [9.17, 15) is 9.90 Å². The molecular weight excluding hydrogens is 368 g/mol. The van der Waals surface area contributed by atoms with Crippen LogP contribution in [0.5, 0.6) is 5.75 Å². The smallest absolute Gasteiger partial charge is 0.336 e. The number of anilines is 1. The summed E-state index contributed by atoms with van der Waals surface area (Å²) >= 11 is 0. The molecule has 0 aliphatic rings. The van der Waals surface area contributed by atoms with Crippen LogP contribution in [0.2, 0.25) is 0 Å². The monoisotopic (exact) mass is 388 g/mol. The molecular formula is C23H20N2O4. The van der Waals surface area contributed by atoms with E-state index in [1.807, 2.05) is 54.6 Å². The zero-order valence-electron chi connectivity index (χ0n) is 15.6. The highest BCUT2D eigenvalue weighted by molar-refractivity contribution is 5.93. The van der Waals surface area contributed by atoms with Gasteiger partial charge in [0.2, 0.25) is 0 Å². The zero-order chi connectivity index (χ0) is 20.1. The summed E-state index contributed by atoms with van der Waals surface area (Å²) in [5.41, 5.74) is 1.76. The molecule has 1 unspecified atom stereocenters. The SMILES string of the molecule is O=c1cc(-c2ccccc2)c2ccc(OCC(O)CNc3ccccn3)cc2o1. The van der Waals surface area contributed by atoms with Crippen LogP contribution in [0.1, 0.15) is 0 Å². The first kappa shape index (κ1) is 18.7. The van der Waals surface area contributed by atoms with Crippen molar-refractivity contribution in [2.75, 3.05) is 18.5 Å². The van der Waals surface area contributed by atoms with Crippen LogP contribution >= 0.6 is 0 Å². The molecule has 2 heterocycles. The first-order chi connectivity index (χ1) is 14.2. The number of rotatable bonds is 7. The lowest BCUT2D eigenvalue weighted by atomic mass is 10.0. The number of aliphatic hydroxyl groups excluding tert-OH is 1. The van der Waals surface area contributed by atoms with E-state index in [-0.39, 0.29) is 6.61 Å². The highest BCUT2D eigenvalue weighted by atomic mass is 16.5. The van der Waals surface area contributed by atoms with E-state index in [4.69, 9.17) is 9.15 Å². The summed E-state index contributed by atoms with van der Waals surface area (Å²) in [4.78, 5) is 16.2. The van der Waals surface area contributed by atoms with Crippen LogP contribution in [0.4, 0.5) is 5.82 Å². The molecule has 4 aromatic rings. The third-order valence-corrected chi connectivity index (χ3v) is 4.43. The molecule has 146 valence electrons. The molecule has 0 spiro atoms. The minimum atomic E-state index is -0.727. The number of hydrogen-bond acceptors (Lipinski definition) is 6. The average Bonchev–Trinajstić information content (AvgIpc) is 2.76. The Morgan fingerprint density at radius 2 is 1.86 bits per heavy atom. The summed E-state index contributed by atoms with van der Waals surface area (Å²) in [6.07, 6.45) is 0.952. The van der Waals surface area contributed by atoms with E-state index in [1.54, 1.807) is 18.3 Å². The van der Waals surface area contributed by atoms with Crippen LogP contribution < -0.4 is 15.7 Å². The fourth-order valence-corrected chi connectivity index (χ4v) is 3.03. The summed E-state index contributed by atoms with van der Waals surface area (Å²) in [5, 5.41) is 14.0. The lowest BCUT2D eigenvalue weighted by Gasteiger charge is -2.14. The largest absolute Gasteiger partial charge is 0.491 e. The first-order valence-corrected chi connectivity index (χ1v) is 9.28. The van der Waals surface area contributed by atoms with E-state index >= 15 is 0 Å². The normalized spacial score (nSPS) is 11.9. The van der Waals surface area contributed by atoms with Gasteiger partial charge in [0.05, 0.1) is 0 Å². The van der Waals surface area contributed by atoms with Gasteiger partial charge in [-0.3, -0.25) is 0 Å². The second-order valence-corrected chi connectivity index (χ2v) is 6.56. The predicted molar refractivity (Wildman–Crippen MR) is 112 cm³/mol. The van der Waals surface area contributed by atoms with Crippen LogP contribution in [0.15, 0.2) is 88.2 Å². The molecule has 1 atom stereocenters. The summed E-state index contributed by atoms with van der Waals surface area (Å²) in [6, 6.07) is 22.0. The quantitative estimate of drug-likeness (QED) is 0.470. The molecule has 0 radical (unpaired) electrons. The number of hydrogen-bond donors (Lipinski definition) is 2. The Hall–Kier alpha value is -3.64. The second kappa shape index (κ2) is 8.58. The van der Waals surface area contributed by atoms with Crippen LogP contribution in [-0.2, 0) is 0 Å². The van der Waals surface area contributed by atoms with Crippen molar-refractivity contribution >= 4 is 16.8 Å². The first-order valence-electron chi connectivity index (χ1n) is 9.28. The van der Waals surface area contributed by atoms with Crippen molar-refractivity contribution in [1.82, 2.24) is 4.98 Å². The molecule has 0 amide bonds. The molecule has 0 bridgehead atoms. The van der Waals surface area contributed by atoms with E-state index in [0.717, 1.165) is 16.5 Å². The summed E-state index contributed by atoms with van der Waals surface area (Å²) in [7, 11) is 0. The number of fused-ring (bicyclic) bond motifs is 1. The van der Waals surface area contributed by atoms with Crippen LogP contribution in [-0.4, -0.2) is 29.3 Å². The molecule has 2 N–H and O–H groups in total. The van der Waals surface area contributed by atoms with Gasteiger partial charge in [-0.25, -0.2) is 9.78 Å². The fourth-order valence-electron chi connectivity index (χ4n) is 3.03. The highest BCUT2D eigenvalue weighted by Gasteiger charge is 2.10. The lowest BCUT2D eigenvalue weighted by Crippen LogP contribution is -2.26. The molecule has 4 rings (SSSR count). The Bertz CT molecular complexity index is 1140. The summed E-state index contributed by atoms with van der Waals surface area (Å²) in [5.74, 6) is 1.20. The molecule has 6 nitrogen and oxygen atoms in total. The van der Waals surface area contributed by atoms with Gasteiger partial charge in [0, 0.05) is 30.3 Å². The molecule has 0 aliphatic carbocycles. The van der Waals surface area contributed by atoms with Crippen molar-refractivity contribution in [3.8, 4) is 16.9 Å². The van der Waals surface area contributed by atoms with Gasteiger partial charge in [0.1, 0.15) is 29.9 Å². The summed E-state index contributed by atoms with van der Waals surface area (Å²) < 4.78 is 11.0. The van der Waals surface area contributed by atoms with Gasteiger partial charge in [-0.1, -0.05) is 36.4 Å². The van der Waals surface area contributed by atoms with E-state index in [2.05, 4.69) is 10.3 Å². The van der Waals surface area contributed by atoms with Gasteiger partial charge in [-0.2, -0.15) is 0 Å². The van der Waals surface area contributed by atoms with Crippen molar-refractivity contribution < 1.29 is 14.3 Å². The number of aliphatic hydroxyl groups is 1. The third-order valence-electron chi connectivity index (χ3n) is 4.43. The average molecular weight is 388 g/mol. The van der Waals surface area contributed by atoms with E-state index in [1.165, 1.54) is 6.07 Å². The van der Waals surface area contributed by atoms with E-state index in [0.29, 0.717) is 23.7 Å². The standard InChI is InChI=1S/C23H20N2O4/c26-17(14-25-22-8-4-5-11-24-22)15-28-18-9-10-19-20(16-6-2-1-3-7-16)13-23(27)29-21(19)12-18/h1-13,17,26H,14-15H2,(H,24,25). The molecule has 2 aromatic carbocycles. The minimum Gasteiger partial charge on any atom is -0.491 e. The van der Waals surface area contributed by atoms with Gasteiger partial charge in [-0.15, -0.1) is 0 Å². The third kappa shape index (κ3) is 4.62. The van der Waals surface area contributed by atoms with Crippen LogP contribution in [0, 0.1) is 0 Å².